The number of carbonyl (C=O) groups excluding carboxylic acids is 1. The van der Waals surface area contributed by atoms with Crippen molar-refractivity contribution in [2.24, 2.45) is 0 Å². The molecule has 1 N–H and O–H groups in total. The summed E-state index contributed by atoms with van der Waals surface area (Å²) >= 11 is 1.72. The van der Waals surface area contributed by atoms with Gasteiger partial charge in [-0.1, -0.05) is 12.1 Å². The molecule has 0 aliphatic heterocycles. The first kappa shape index (κ1) is 11.9. The summed E-state index contributed by atoms with van der Waals surface area (Å²) in [6.45, 7) is 0.602. The Morgan fingerprint density at radius 3 is 2.60 bits per heavy atom. The van der Waals surface area contributed by atoms with Crippen LogP contribution in [-0.2, 0) is 11.2 Å². The first-order chi connectivity index (χ1) is 7.26. The fourth-order valence-corrected chi connectivity index (χ4v) is 1.58. The number of carbonyl (C=O) groups is 1. The highest BCUT2D eigenvalue weighted by Crippen LogP contribution is 2.14. The van der Waals surface area contributed by atoms with Crippen molar-refractivity contribution in [1.29, 1.82) is 0 Å². The van der Waals surface area contributed by atoms with Crippen LogP contribution < -0.4 is 5.32 Å². The normalized spacial score (nSPS) is 9.73. The molecule has 0 saturated heterocycles. The van der Waals surface area contributed by atoms with Crippen LogP contribution in [0.2, 0.25) is 0 Å². The first-order valence-electron chi connectivity index (χ1n) is 4.71. The van der Waals surface area contributed by atoms with Gasteiger partial charge in [0.05, 0.1) is 7.11 Å². The van der Waals surface area contributed by atoms with Crippen molar-refractivity contribution < 1.29 is 9.53 Å². The maximum absolute atomic E-state index is 10.8. The summed E-state index contributed by atoms with van der Waals surface area (Å²) in [6.07, 6.45) is 2.49. The molecule has 0 fully saturated rings. The van der Waals surface area contributed by atoms with E-state index in [1.54, 1.807) is 11.8 Å². The Kier molecular flexibility index (Phi) is 5.04. The second-order valence-electron chi connectivity index (χ2n) is 3.02. The smallest absolute Gasteiger partial charge is 0.406 e. The predicted octanol–water partition coefficient (Wildman–Crippen LogP) is 2.31. The van der Waals surface area contributed by atoms with Crippen LogP contribution >= 0.6 is 11.8 Å². The minimum absolute atomic E-state index is 0.379. The van der Waals surface area contributed by atoms with Crippen LogP contribution in [0.5, 0.6) is 0 Å². The summed E-state index contributed by atoms with van der Waals surface area (Å²) in [5, 5.41) is 2.64. The van der Waals surface area contributed by atoms with Crippen LogP contribution in [0.15, 0.2) is 29.2 Å². The van der Waals surface area contributed by atoms with Crippen LogP contribution in [0.25, 0.3) is 0 Å². The average Bonchev–Trinajstić information content (AvgIpc) is 2.29. The molecule has 15 heavy (non-hydrogen) atoms. The van der Waals surface area contributed by atoms with E-state index in [1.807, 2.05) is 6.26 Å². The van der Waals surface area contributed by atoms with Gasteiger partial charge in [-0.05, 0) is 30.4 Å². The third-order valence-electron chi connectivity index (χ3n) is 2.03. The molecule has 1 aromatic carbocycles. The van der Waals surface area contributed by atoms with Crippen molar-refractivity contribution in [3.8, 4) is 0 Å². The molecule has 0 radical (unpaired) electrons. The van der Waals surface area contributed by atoms with Gasteiger partial charge in [-0.15, -0.1) is 11.8 Å². The van der Waals surface area contributed by atoms with Crippen LogP contribution in [0.1, 0.15) is 5.56 Å². The SMILES string of the molecule is COC(=O)NCCc1ccc(SC)cc1. The third kappa shape index (κ3) is 4.25. The number of alkyl carbamates (subject to hydrolysis) is 1. The van der Waals surface area contributed by atoms with E-state index in [9.17, 15) is 4.79 Å². The third-order valence-corrected chi connectivity index (χ3v) is 2.77. The van der Waals surface area contributed by atoms with Crippen molar-refractivity contribution in [3.05, 3.63) is 29.8 Å². The van der Waals surface area contributed by atoms with Crippen molar-refractivity contribution in [2.45, 2.75) is 11.3 Å². The number of rotatable bonds is 4. The quantitative estimate of drug-likeness (QED) is 0.799. The Morgan fingerprint density at radius 1 is 1.40 bits per heavy atom. The van der Waals surface area contributed by atoms with E-state index >= 15 is 0 Å². The zero-order valence-electron chi connectivity index (χ0n) is 8.95. The number of benzene rings is 1. The number of amides is 1. The molecule has 3 nitrogen and oxygen atoms in total. The van der Waals surface area contributed by atoms with E-state index in [-0.39, 0.29) is 6.09 Å². The largest absolute Gasteiger partial charge is 0.453 e. The molecule has 0 spiro atoms. The molecular formula is C11H15NO2S. The van der Waals surface area contributed by atoms with Gasteiger partial charge in [0.2, 0.25) is 0 Å². The molecular weight excluding hydrogens is 210 g/mol. The fourth-order valence-electron chi connectivity index (χ4n) is 1.17. The minimum atomic E-state index is -0.379. The molecule has 1 amide bonds. The number of nitrogens with one attached hydrogen (secondary N) is 1. The molecule has 0 heterocycles. The van der Waals surface area contributed by atoms with Gasteiger partial charge in [0, 0.05) is 11.4 Å². The average molecular weight is 225 g/mol. The first-order valence-corrected chi connectivity index (χ1v) is 5.93. The Morgan fingerprint density at radius 2 is 2.07 bits per heavy atom. The van der Waals surface area contributed by atoms with Gasteiger partial charge in [0.15, 0.2) is 0 Å². The maximum Gasteiger partial charge on any atom is 0.406 e. The Labute approximate surface area is 94.2 Å². The van der Waals surface area contributed by atoms with E-state index in [2.05, 4.69) is 34.3 Å². The second kappa shape index (κ2) is 6.35. The molecule has 1 rings (SSSR count). The molecule has 0 aliphatic carbocycles. The van der Waals surface area contributed by atoms with Gasteiger partial charge in [0.25, 0.3) is 0 Å². The fraction of sp³-hybridized carbons (Fsp3) is 0.364. The Bertz CT molecular complexity index is 311. The van der Waals surface area contributed by atoms with E-state index in [1.165, 1.54) is 17.6 Å². The van der Waals surface area contributed by atoms with Crippen molar-refractivity contribution in [2.75, 3.05) is 19.9 Å². The van der Waals surface area contributed by atoms with Gasteiger partial charge in [0.1, 0.15) is 0 Å². The number of ether oxygens (including phenoxy) is 1. The molecule has 0 aliphatic rings. The summed E-state index contributed by atoms with van der Waals surface area (Å²) in [5.74, 6) is 0. The number of thioether (sulfide) groups is 1. The van der Waals surface area contributed by atoms with Gasteiger partial charge in [-0.2, -0.15) is 0 Å². The summed E-state index contributed by atoms with van der Waals surface area (Å²) in [4.78, 5) is 12.0. The lowest BCUT2D eigenvalue weighted by molar-refractivity contribution is 0.171. The Hall–Kier alpha value is -1.16. The molecule has 0 atom stereocenters. The van der Waals surface area contributed by atoms with E-state index in [0.717, 1.165) is 6.42 Å². The highest BCUT2D eigenvalue weighted by molar-refractivity contribution is 7.98. The molecule has 82 valence electrons. The van der Waals surface area contributed by atoms with Crippen molar-refractivity contribution >= 4 is 17.9 Å². The highest BCUT2D eigenvalue weighted by atomic mass is 32.2. The lowest BCUT2D eigenvalue weighted by Gasteiger charge is -2.04. The van der Waals surface area contributed by atoms with Crippen molar-refractivity contribution in [1.82, 2.24) is 5.32 Å². The monoisotopic (exact) mass is 225 g/mol. The van der Waals surface area contributed by atoms with Crippen LogP contribution in [-0.4, -0.2) is 26.0 Å². The summed E-state index contributed by atoms with van der Waals surface area (Å²) in [7, 11) is 1.36. The number of hydrogen-bond acceptors (Lipinski definition) is 3. The standard InChI is InChI=1S/C11H15NO2S/c1-14-11(13)12-8-7-9-3-5-10(15-2)6-4-9/h3-6H,7-8H2,1-2H3,(H,12,13). The van der Waals surface area contributed by atoms with Crippen LogP contribution in [0, 0.1) is 0 Å². The van der Waals surface area contributed by atoms with Gasteiger partial charge < -0.3 is 10.1 Å². The zero-order valence-corrected chi connectivity index (χ0v) is 9.76. The predicted molar refractivity (Wildman–Crippen MR) is 62.3 cm³/mol. The minimum Gasteiger partial charge on any atom is -0.453 e. The summed E-state index contributed by atoms with van der Waals surface area (Å²) < 4.78 is 4.47. The number of methoxy groups -OCH3 is 1. The van der Waals surface area contributed by atoms with Crippen LogP contribution in [0.3, 0.4) is 0 Å². The van der Waals surface area contributed by atoms with E-state index < -0.39 is 0 Å². The number of hydrogen-bond donors (Lipinski definition) is 1. The van der Waals surface area contributed by atoms with Gasteiger partial charge >= 0.3 is 6.09 Å². The molecule has 0 aromatic heterocycles. The van der Waals surface area contributed by atoms with E-state index in [4.69, 9.17) is 0 Å². The molecule has 0 saturated carbocycles. The second-order valence-corrected chi connectivity index (χ2v) is 3.90. The topological polar surface area (TPSA) is 38.3 Å². The Balaban J connectivity index is 2.34. The van der Waals surface area contributed by atoms with Crippen molar-refractivity contribution in [3.63, 3.8) is 0 Å². The maximum atomic E-state index is 10.8. The lowest BCUT2D eigenvalue weighted by Crippen LogP contribution is -2.25. The summed E-state index contributed by atoms with van der Waals surface area (Å²) in [5.41, 5.74) is 1.21. The van der Waals surface area contributed by atoms with E-state index in [0.29, 0.717) is 6.54 Å². The zero-order chi connectivity index (χ0) is 11.1. The van der Waals surface area contributed by atoms with Gasteiger partial charge in [-0.3, -0.25) is 0 Å². The molecule has 0 bridgehead atoms. The lowest BCUT2D eigenvalue weighted by atomic mass is 10.1. The van der Waals surface area contributed by atoms with Gasteiger partial charge in [-0.25, -0.2) is 4.79 Å². The van der Waals surface area contributed by atoms with Crippen LogP contribution in [0.4, 0.5) is 4.79 Å². The molecule has 4 heteroatoms. The summed E-state index contributed by atoms with van der Waals surface area (Å²) in [6, 6.07) is 8.31. The highest BCUT2D eigenvalue weighted by Gasteiger charge is 1.98. The molecule has 0 unspecified atom stereocenters. The molecule has 1 aromatic rings.